The molecule has 0 radical (unpaired) electrons. The van der Waals surface area contributed by atoms with E-state index in [0.717, 1.165) is 26.5 Å². The van der Waals surface area contributed by atoms with Gasteiger partial charge in [0.1, 0.15) is 16.3 Å². The molecule has 0 aliphatic rings. The summed E-state index contributed by atoms with van der Waals surface area (Å²) in [6.07, 6.45) is 0.514. The van der Waals surface area contributed by atoms with Gasteiger partial charge in [-0.15, -0.1) is 21.5 Å². The molecule has 0 bridgehead atoms. The van der Waals surface area contributed by atoms with Crippen LogP contribution < -0.4 is 4.74 Å². The number of fused-ring (bicyclic) bond motifs is 1. The van der Waals surface area contributed by atoms with Crippen LogP contribution in [0.25, 0.3) is 21.7 Å². The molecule has 6 heteroatoms. The van der Waals surface area contributed by atoms with E-state index in [0.29, 0.717) is 18.2 Å². The van der Waals surface area contributed by atoms with Crippen molar-refractivity contribution in [1.82, 2.24) is 15.2 Å². The Kier molecular flexibility index (Phi) is 3.97. The number of aryl methyl sites for hydroxylation is 2. The van der Waals surface area contributed by atoms with Gasteiger partial charge in [0.05, 0.1) is 18.2 Å². The maximum Gasteiger partial charge on any atom is 0.247 e. The Hall–Kier alpha value is -2.73. The lowest BCUT2D eigenvalue weighted by Gasteiger charge is -2.00. The van der Waals surface area contributed by atoms with Crippen LogP contribution in [0.1, 0.15) is 22.0 Å². The molecule has 0 aliphatic heterocycles. The molecule has 0 fully saturated rings. The Labute approximate surface area is 149 Å². The zero-order chi connectivity index (χ0) is 17.4. The number of benzene rings is 2. The van der Waals surface area contributed by atoms with Crippen molar-refractivity contribution in [2.75, 3.05) is 7.11 Å². The van der Waals surface area contributed by atoms with Crippen molar-refractivity contribution in [2.24, 2.45) is 0 Å². The van der Waals surface area contributed by atoms with Crippen LogP contribution in [0.4, 0.5) is 0 Å². The molecule has 0 saturated heterocycles. The quantitative estimate of drug-likeness (QED) is 0.539. The normalized spacial score (nSPS) is 11.2. The van der Waals surface area contributed by atoms with E-state index >= 15 is 0 Å². The number of hydrogen-bond acceptors (Lipinski definition) is 6. The molecule has 2 aromatic heterocycles. The number of rotatable bonds is 4. The van der Waals surface area contributed by atoms with Gasteiger partial charge in [-0.1, -0.05) is 12.1 Å². The molecule has 0 N–H and O–H groups in total. The minimum atomic E-state index is 0.514. The second kappa shape index (κ2) is 6.29. The number of aromatic nitrogens is 3. The predicted octanol–water partition coefficient (Wildman–Crippen LogP) is 4.56. The van der Waals surface area contributed by atoms with Crippen LogP contribution in [0.5, 0.6) is 5.75 Å². The lowest BCUT2D eigenvalue weighted by atomic mass is 10.1. The predicted molar refractivity (Wildman–Crippen MR) is 98.2 cm³/mol. The monoisotopic (exact) mass is 351 g/mol. The summed E-state index contributed by atoms with van der Waals surface area (Å²) >= 11 is 1.61. The first-order valence-electron chi connectivity index (χ1n) is 7.96. The van der Waals surface area contributed by atoms with Gasteiger partial charge in [0, 0.05) is 5.56 Å². The van der Waals surface area contributed by atoms with Crippen molar-refractivity contribution in [2.45, 2.75) is 20.3 Å². The van der Waals surface area contributed by atoms with Gasteiger partial charge in [0.15, 0.2) is 0 Å². The van der Waals surface area contributed by atoms with Crippen LogP contribution in [0.3, 0.4) is 0 Å². The second-order valence-electron chi connectivity index (χ2n) is 5.89. The van der Waals surface area contributed by atoms with Crippen molar-refractivity contribution in [3.8, 4) is 17.2 Å². The van der Waals surface area contributed by atoms with Crippen molar-refractivity contribution >= 4 is 21.6 Å². The van der Waals surface area contributed by atoms with Gasteiger partial charge >= 0.3 is 0 Å². The smallest absolute Gasteiger partial charge is 0.247 e. The van der Waals surface area contributed by atoms with E-state index in [-0.39, 0.29) is 0 Å². The molecule has 0 saturated carbocycles. The standard InChI is InChI=1S/C19H17N3O2S/c1-11-7-8-13(9-12(11)2)19-22-21-16(24-19)10-17-20-18-14(23-3)5-4-6-15(18)25-17/h4-9H,10H2,1-3H3. The largest absolute Gasteiger partial charge is 0.494 e. The van der Waals surface area contributed by atoms with Crippen LogP contribution in [0, 0.1) is 13.8 Å². The van der Waals surface area contributed by atoms with E-state index in [1.807, 2.05) is 24.3 Å². The molecule has 0 aliphatic carbocycles. The molecule has 4 rings (SSSR count). The van der Waals surface area contributed by atoms with E-state index in [1.54, 1.807) is 18.4 Å². The molecule has 4 aromatic rings. The number of thiazole rings is 1. The van der Waals surface area contributed by atoms with Gasteiger partial charge < -0.3 is 9.15 Å². The molecular formula is C19H17N3O2S. The molecule has 2 aromatic carbocycles. The van der Waals surface area contributed by atoms with Crippen molar-refractivity contribution in [3.05, 3.63) is 58.4 Å². The summed E-state index contributed by atoms with van der Waals surface area (Å²) in [5.74, 6) is 1.88. The summed E-state index contributed by atoms with van der Waals surface area (Å²) in [5, 5.41) is 9.27. The van der Waals surface area contributed by atoms with Crippen molar-refractivity contribution in [3.63, 3.8) is 0 Å². The third-order valence-corrected chi connectivity index (χ3v) is 5.19. The van der Waals surface area contributed by atoms with Crippen LogP contribution in [-0.4, -0.2) is 22.3 Å². The Bertz CT molecular complexity index is 1050. The third kappa shape index (κ3) is 3.00. The van der Waals surface area contributed by atoms with Crippen LogP contribution >= 0.6 is 11.3 Å². The fourth-order valence-electron chi connectivity index (χ4n) is 2.66. The third-order valence-electron chi connectivity index (χ3n) is 4.17. The summed E-state index contributed by atoms with van der Waals surface area (Å²) in [6.45, 7) is 4.16. The lowest BCUT2D eigenvalue weighted by molar-refractivity contribution is 0.419. The first-order valence-corrected chi connectivity index (χ1v) is 8.78. The molecule has 25 heavy (non-hydrogen) atoms. The highest BCUT2D eigenvalue weighted by atomic mass is 32.1. The van der Waals surface area contributed by atoms with Gasteiger partial charge in [-0.05, 0) is 49.2 Å². The van der Waals surface area contributed by atoms with E-state index in [1.165, 1.54) is 11.1 Å². The number of hydrogen-bond donors (Lipinski definition) is 0. The Morgan fingerprint density at radius 3 is 2.76 bits per heavy atom. The maximum absolute atomic E-state index is 5.83. The summed E-state index contributed by atoms with van der Waals surface area (Å²) in [7, 11) is 1.65. The van der Waals surface area contributed by atoms with E-state index in [9.17, 15) is 0 Å². The minimum Gasteiger partial charge on any atom is -0.494 e. The topological polar surface area (TPSA) is 61.0 Å². The minimum absolute atomic E-state index is 0.514. The zero-order valence-corrected chi connectivity index (χ0v) is 15.1. The van der Waals surface area contributed by atoms with Crippen molar-refractivity contribution in [1.29, 1.82) is 0 Å². The molecule has 0 amide bonds. The molecule has 126 valence electrons. The number of nitrogens with zero attached hydrogens (tertiary/aromatic N) is 3. The van der Waals surface area contributed by atoms with E-state index in [4.69, 9.17) is 9.15 Å². The van der Waals surface area contributed by atoms with Crippen LogP contribution in [0.2, 0.25) is 0 Å². The number of ether oxygens (including phenoxy) is 1. The average Bonchev–Trinajstić information content (AvgIpc) is 3.23. The fraction of sp³-hybridized carbons (Fsp3) is 0.211. The number of methoxy groups -OCH3 is 1. The van der Waals surface area contributed by atoms with Gasteiger partial charge in [-0.25, -0.2) is 4.98 Å². The van der Waals surface area contributed by atoms with E-state index in [2.05, 4.69) is 41.2 Å². The summed E-state index contributed by atoms with van der Waals surface area (Å²) in [4.78, 5) is 4.65. The van der Waals surface area contributed by atoms with Gasteiger partial charge in [-0.3, -0.25) is 0 Å². The molecule has 5 nitrogen and oxygen atoms in total. The first-order chi connectivity index (χ1) is 12.1. The SMILES string of the molecule is COc1cccc2sc(Cc3nnc(-c4ccc(C)c(C)c4)o3)nc12. The highest BCUT2D eigenvalue weighted by Crippen LogP contribution is 2.30. The summed E-state index contributed by atoms with van der Waals surface area (Å²) in [6, 6.07) is 12.0. The maximum atomic E-state index is 5.83. The molecule has 0 unspecified atom stereocenters. The fourth-order valence-corrected chi connectivity index (χ4v) is 3.63. The second-order valence-corrected chi connectivity index (χ2v) is 7.01. The highest BCUT2D eigenvalue weighted by molar-refractivity contribution is 7.18. The van der Waals surface area contributed by atoms with E-state index < -0.39 is 0 Å². The summed E-state index contributed by atoms with van der Waals surface area (Å²) in [5.41, 5.74) is 4.26. The average molecular weight is 351 g/mol. The lowest BCUT2D eigenvalue weighted by Crippen LogP contribution is -1.88. The highest BCUT2D eigenvalue weighted by Gasteiger charge is 2.14. The van der Waals surface area contributed by atoms with Gasteiger partial charge in [-0.2, -0.15) is 0 Å². The molecule has 0 atom stereocenters. The van der Waals surface area contributed by atoms with Crippen molar-refractivity contribution < 1.29 is 9.15 Å². The number of para-hydroxylation sites is 1. The zero-order valence-electron chi connectivity index (χ0n) is 14.2. The van der Waals surface area contributed by atoms with Gasteiger partial charge in [0.25, 0.3) is 0 Å². The molecule has 0 spiro atoms. The first kappa shape index (κ1) is 15.8. The molecule has 2 heterocycles. The Balaban J connectivity index is 1.62. The van der Waals surface area contributed by atoms with Crippen LogP contribution in [0.15, 0.2) is 40.8 Å². The Morgan fingerprint density at radius 2 is 1.96 bits per heavy atom. The Morgan fingerprint density at radius 1 is 1.08 bits per heavy atom. The van der Waals surface area contributed by atoms with Crippen LogP contribution in [-0.2, 0) is 6.42 Å². The summed E-state index contributed by atoms with van der Waals surface area (Å²) < 4.78 is 12.3. The van der Waals surface area contributed by atoms with Gasteiger partial charge in [0.2, 0.25) is 11.8 Å². The molecular weight excluding hydrogens is 334 g/mol.